The van der Waals surface area contributed by atoms with Gasteiger partial charge in [0, 0.05) is 48.9 Å². The number of halogens is 4. The molecule has 0 radical (unpaired) electrons. The number of non-ortho nitro benzene ring substituents is 1. The van der Waals surface area contributed by atoms with E-state index in [4.69, 9.17) is 74.3 Å². The molecule has 0 unspecified atom stereocenters. The van der Waals surface area contributed by atoms with Gasteiger partial charge in [0.15, 0.2) is 5.52 Å². The van der Waals surface area contributed by atoms with Crippen molar-refractivity contribution in [2.75, 3.05) is 45.9 Å². The molecule has 15 aliphatic heterocycles. The summed E-state index contributed by atoms with van der Waals surface area (Å²) in [5.41, 5.74) is 3.70. The van der Waals surface area contributed by atoms with Gasteiger partial charge in [-0.3, -0.25) is 29.4 Å². The van der Waals surface area contributed by atoms with Crippen LogP contribution in [0, 0.1) is 33.2 Å². The van der Waals surface area contributed by atoms with Crippen LogP contribution in [0.15, 0.2) is 195 Å². The second kappa shape index (κ2) is 48.2. The third kappa shape index (κ3) is 21.2. The van der Waals surface area contributed by atoms with E-state index in [1.165, 1.54) is 21.9 Å². The van der Waals surface area contributed by atoms with Crippen molar-refractivity contribution in [2.24, 2.45) is 38.0 Å². The van der Waals surface area contributed by atoms with E-state index in [0.717, 1.165) is 88.9 Å². The number of ether oxygens (including phenoxy) is 1. The minimum absolute atomic E-state index is 0. The number of carboxylic acid groups (broad SMARTS) is 1. The number of benzene rings is 5. The Balaban J connectivity index is 0.000000161. The summed E-state index contributed by atoms with van der Waals surface area (Å²) < 4.78 is 30.7. The Morgan fingerprint density at radius 2 is 0.980 bits per heavy atom. The molecule has 5 aromatic carbocycles. The van der Waals surface area contributed by atoms with Crippen LogP contribution in [0.25, 0.3) is 22.2 Å². The van der Waals surface area contributed by atoms with Crippen LogP contribution >= 0.6 is 46.3 Å². The molecule has 2 N–H and O–H groups in total. The molecule has 10 fully saturated rings. The van der Waals surface area contributed by atoms with Crippen LogP contribution in [0.2, 0.25) is 16.5 Å². The molecule has 17 atom stereocenters. The molecule has 16 heterocycles. The van der Waals surface area contributed by atoms with Gasteiger partial charge in [-0.1, -0.05) is 118 Å². The predicted octanol–water partition coefficient (Wildman–Crippen LogP) is 11.7. The van der Waals surface area contributed by atoms with Gasteiger partial charge in [-0.2, -0.15) is 19.2 Å². The number of aliphatic carboxylic acids is 1. The van der Waals surface area contributed by atoms with Gasteiger partial charge in [-0.05, 0) is 103 Å². The number of nitro benzene ring substituents is 1. The van der Waals surface area contributed by atoms with Crippen LogP contribution in [0.4, 0.5) is 10.5 Å². The fourth-order valence-corrected chi connectivity index (χ4v) is 25.0. The van der Waals surface area contributed by atoms with E-state index in [0.29, 0.717) is 131 Å². The van der Waals surface area contributed by atoms with Gasteiger partial charge in [0.25, 0.3) is 0 Å². The molecule has 0 bridgehead atoms. The number of likely N-dealkylation sites (tertiary alicyclic amines) is 5. The summed E-state index contributed by atoms with van der Waals surface area (Å²) in [6, 6.07) is 28.9. The van der Waals surface area contributed by atoms with Gasteiger partial charge < -0.3 is 24.5 Å². The number of hydrogen-bond donors (Lipinski definition) is 2. The third-order valence-electron chi connectivity index (χ3n) is 31.0. The van der Waals surface area contributed by atoms with E-state index in [2.05, 4.69) is 96.0 Å². The first-order chi connectivity index (χ1) is 72.1. The van der Waals surface area contributed by atoms with Crippen molar-refractivity contribution in [3.63, 3.8) is 0 Å². The molecule has 16 aliphatic rings. The Labute approximate surface area is 880 Å². The van der Waals surface area contributed by atoms with Gasteiger partial charge in [0.05, 0.1) is 28.1 Å². The molecular formula is C103H113B3Cl4N18O20. The van der Waals surface area contributed by atoms with Gasteiger partial charge >= 0.3 is 453 Å². The summed E-state index contributed by atoms with van der Waals surface area (Å²) in [6.45, 7) is 5.95. The zero-order valence-corrected chi connectivity index (χ0v) is 82.5. The number of aromatic nitrogens is 2. The van der Waals surface area contributed by atoms with Crippen molar-refractivity contribution in [3.8, 4) is 11.1 Å². The molecule has 10 amide bonds. The monoisotopic (exact) mass is 2100 g/mol. The maximum absolute atomic E-state index is 14.7. The van der Waals surface area contributed by atoms with E-state index in [-0.39, 0.29) is 181 Å². The van der Waals surface area contributed by atoms with Gasteiger partial charge in [-0.15, -0.1) is 0 Å². The van der Waals surface area contributed by atoms with Crippen molar-refractivity contribution < 1.29 is 92.7 Å². The maximum atomic E-state index is 14.7. The molecule has 10 saturated heterocycles. The van der Waals surface area contributed by atoms with Crippen molar-refractivity contribution >= 4 is 174 Å². The molecule has 2 spiro atoms. The number of carbonyl (C=O) groups excluding carboxylic acids is 14. The summed E-state index contributed by atoms with van der Waals surface area (Å²) in [4.78, 5) is 212. The predicted molar refractivity (Wildman–Crippen MR) is 547 cm³/mol. The Morgan fingerprint density at radius 1 is 0.541 bits per heavy atom. The second-order valence-corrected chi connectivity index (χ2v) is 39.6. The number of hydrogen-bond acceptors (Lipinski definition) is 26. The number of rotatable bonds is 15. The first kappa shape index (κ1) is 106. The molecule has 1 aromatic heterocycles. The van der Waals surface area contributed by atoms with E-state index < -0.39 is 76.1 Å². The molecule has 148 heavy (non-hydrogen) atoms. The van der Waals surface area contributed by atoms with E-state index in [1.54, 1.807) is 65.8 Å². The zero-order chi connectivity index (χ0) is 106. The molecule has 1 aliphatic carbocycles. The average Bonchev–Trinajstić information content (AvgIpc) is 1.69. The number of carboxylic acids is 1. The fourth-order valence-electron chi connectivity index (χ4n) is 24.4. The molecule has 38 nitrogen and oxygen atoms in total. The SMILES string of the molecule is C.C.O=C(O)[C@@H]1CC[C@@H]2C=C[C@H]3CCN(C(=O)OCC4c5ccccc5-c5ccccc54)[C@@H]3C(=O)N21.O=C=O.O=C=O.O=[N+]([O-])c1ccc(Cl)c2nonc12.[2H]B=N/N=C(/Cc1ccccc1Cl)C(=O)N1CCC[C@]12C=C[C@@H]1CC[C@@H](C(=O)N3CC[C@@H]4C=C[C@H]5CCCN5C(=O)[C@H]43)N1C2=O.[2H]B=N/N=C(/Cc1ccccc1Cl)C(=O)N1CCC[C@]12C=C[C@@H]1CC[C@@H](C(=O)N3CC[C@@H]4C=C[C@H]5CC[C@@H](CC)N5C(=O)[C@H]43)N1C2=O.[2H]N=BCl. The van der Waals surface area contributed by atoms with Gasteiger partial charge in [-0.25, -0.2) is 14.2 Å². The summed E-state index contributed by atoms with van der Waals surface area (Å²) in [5.74, 6) is -3.22. The van der Waals surface area contributed by atoms with Crippen molar-refractivity contribution in [2.45, 2.75) is 240 Å². The summed E-state index contributed by atoms with van der Waals surface area (Å²) in [7, 11) is 1.53. The number of nitrogens with zero attached hydrogens (tertiary/aromatic N) is 17. The van der Waals surface area contributed by atoms with Crippen LogP contribution in [-0.4, -0.2) is 312 Å². The Morgan fingerprint density at radius 3 is 1.47 bits per heavy atom. The van der Waals surface area contributed by atoms with E-state index in [9.17, 15) is 68.0 Å². The molecule has 22 rings (SSSR count). The summed E-state index contributed by atoms with van der Waals surface area (Å²) >= 11 is 23.2. The zero-order valence-electron chi connectivity index (χ0n) is 82.5. The quantitative estimate of drug-likeness (QED) is 0.0317. The summed E-state index contributed by atoms with van der Waals surface area (Å²) in [5, 5.41) is 46.3. The van der Waals surface area contributed by atoms with E-state index >= 15 is 0 Å². The van der Waals surface area contributed by atoms with Crippen LogP contribution in [0.1, 0.15) is 166 Å². The Hall–Kier alpha value is -13.6. The molecular weight excluding hydrogens is 1980 g/mol. The molecule has 772 valence electrons. The topological polar surface area (TPSA) is 473 Å². The third-order valence-corrected chi connectivity index (χ3v) is 32.0. The first-order valence-electron chi connectivity index (χ1n) is 50.4. The van der Waals surface area contributed by atoms with Gasteiger partial charge in [0.2, 0.25) is 23.2 Å². The average molecular weight is 2100 g/mol. The van der Waals surface area contributed by atoms with Crippen molar-refractivity contribution in [1.29, 1.82) is 7.98 Å². The van der Waals surface area contributed by atoms with E-state index in [1.807, 2.05) is 82.7 Å². The van der Waals surface area contributed by atoms with Crippen LogP contribution in [0.5, 0.6) is 0 Å². The van der Waals surface area contributed by atoms with Gasteiger partial charge in [0.1, 0.15) is 18.7 Å². The number of nitrogens with one attached hydrogen (secondary N) is 1. The number of fused-ring (bicyclic) bond motifs is 12. The first-order valence-corrected chi connectivity index (χ1v) is 50.3. The standard InChI is InChI=1S/C34H40BClN6O4.C32H36BClN6O4.C27H26N2O5.C6H2ClN3O3.2CO2.2CH4.BClHN/c1-2-23-10-11-24-9-8-21-15-19-39(29(21)32(45)41(23)24)31(44)28-13-12-25-14-17-34(33(46)42(25)28)16-5-18-40(34)30(43)27(37-38-35)20-22-6-3-4-7-26(22)36;33-36-35-25(19-21-5-1-2-7-24(21)34)28(41)39-17-4-14-32(39)15-12-23-10-11-26(40(23)31(32)44)29(42)38-18-13-20-8-9-22-6-3-16-37(22)30(43)27(20)38;30-25-24-16(9-10-17-11-12-23(26(31)32)29(17)25)13-14-28(24)27(33)34-15-22-20-7-3-1-5-18(20)19-6-2-4-8-21(19)22;7-3-1-2-4(10(11)12)6-5(3)8-13-9-6;2*2-1-3;;;2-1-3/h3-4,6-9,14,17,21,23-25,28-29,35H,2,5,10-13,15-16,18-20H2,1H3;1-2,5,7-9,12,15,20,22-23,26-27,33H,3-4,6,10-11,13-14,16-19H2;1-10,16-17,22-24H,11-15H2,(H,31,32);1-2H;;;2*1H4;3H/b37-27-;35-25-;;;;;;;/t21-,23+,24-,25-,28-,29-,34+;20-,22+,23-,26-,27-,32+;16-,17-,23-,24-;;;;;;/m000....../s1/i35D;33D;;;;;;;3D. The van der Waals surface area contributed by atoms with Crippen LogP contribution in [-0.2, 0) is 84.7 Å². The second-order valence-electron chi connectivity index (χ2n) is 38.2. The van der Waals surface area contributed by atoms with Crippen LogP contribution in [0.3, 0.4) is 0 Å². The number of nitro groups is 1. The molecule has 6 aromatic rings. The normalized spacial score (nSPS) is 27.9. The molecule has 0 saturated carbocycles. The van der Waals surface area contributed by atoms with Crippen molar-refractivity contribution in [1.82, 2.24) is 59.3 Å². The number of amides is 10. The Bertz CT molecular complexity index is 6550. The number of carbonyl (C=O) groups is 11. The van der Waals surface area contributed by atoms with Crippen molar-refractivity contribution in [3.05, 3.63) is 217 Å². The Kier molecular flexibility index (Phi) is 34.4. The molecule has 45 heteroatoms. The minimum atomic E-state index is -1.26. The van der Waals surface area contributed by atoms with Crippen LogP contribution < -0.4 is 0 Å². The summed E-state index contributed by atoms with van der Waals surface area (Å²) in [6.07, 6.45) is 32.6. The fraction of sp³-hybridized carbons (Fsp3) is 0.466.